The number of rotatable bonds is 4. The summed E-state index contributed by atoms with van der Waals surface area (Å²) in [7, 11) is 0. The molecule has 0 unspecified atom stereocenters. The number of nitrogens with two attached hydrogens (primary N) is 1. The lowest BCUT2D eigenvalue weighted by atomic mass is 9.93. The van der Waals surface area contributed by atoms with E-state index < -0.39 is 0 Å². The minimum atomic E-state index is -0.266. The zero-order valence-electron chi connectivity index (χ0n) is 11.0. The SMILES string of the molecule is NC(=O)CC1CCN(C(=O)/C=C\c2ccc(Br)o2)CC1. The molecule has 1 aliphatic heterocycles. The number of primary amides is 1. The molecule has 1 aromatic heterocycles. The molecule has 5 nitrogen and oxygen atoms in total. The summed E-state index contributed by atoms with van der Waals surface area (Å²) in [5.74, 6) is 0.642. The van der Waals surface area contributed by atoms with Gasteiger partial charge in [0.2, 0.25) is 11.8 Å². The third-order valence-corrected chi connectivity index (χ3v) is 3.83. The first-order valence-electron chi connectivity index (χ1n) is 6.55. The molecule has 1 saturated heterocycles. The van der Waals surface area contributed by atoms with Gasteiger partial charge in [0.25, 0.3) is 0 Å². The van der Waals surface area contributed by atoms with Gasteiger partial charge in [0.1, 0.15) is 5.76 Å². The van der Waals surface area contributed by atoms with E-state index in [0.717, 1.165) is 12.8 Å². The largest absolute Gasteiger partial charge is 0.450 e. The van der Waals surface area contributed by atoms with Crippen LogP contribution < -0.4 is 5.73 Å². The van der Waals surface area contributed by atoms with E-state index in [0.29, 0.717) is 35.9 Å². The molecule has 20 heavy (non-hydrogen) atoms. The highest BCUT2D eigenvalue weighted by Crippen LogP contribution is 2.20. The maximum atomic E-state index is 12.0. The lowest BCUT2D eigenvalue weighted by molar-refractivity contribution is -0.127. The summed E-state index contributed by atoms with van der Waals surface area (Å²) in [5, 5.41) is 0. The van der Waals surface area contributed by atoms with Crippen molar-refractivity contribution in [2.75, 3.05) is 13.1 Å². The Kier molecular flexibility index (Phi) is 5.00. The summed E-state index contributed by atoms with van der Waals surface area (Å²) >= 11 is 3.21. The normalized spacial score (nSPS) is 16.8. The van der Waals surface area contributed by atoms with Crippen molar-refractivity contribution in [1.82, 2.24) is 4.90 Å². The molecule has 0 bridgehead atoms. The summed E-state index contributed by atoms with van der Waals surface area (Å²) in [6.45, 7) is 1.34. The lowest BCUT2D eigenvalue weighted by Crippen LogP contribution is -2.38. The van der Waals surface area contributed by atoms with Gasteiger partial charge in [-0.15, -0.1) is 0 Å². The van der Waals surface area contributed by atoms with E-state index in [4.69, 9.17) is 10.2 Å². The van der Waals surface area contributed by atoms with Crippen molar-refractivity contribution in [2.24, 2.45) is 11.7 Å². The highest BCUT2D eigenvalue weighted by atomic mass is 79.9. The number of hydrogen-bond donors (Lipinski definition) is 1. The third kappa shape index (κ3) is 4.23. The molecule has 2 amide bonds. The minimum Gasteiger partial charge on any atom is -0.450 e. The van der Waals surface area contributed by atoms with Gasteiger partial charge in [0.15, 0.2) is 4.67 Å². The Hall–Kier alpha value is -1.56. The van der Waals surface area contributed by atoms with E-state index in [1.807, 2.05) is 0 Å². The smallest absolute Gasteiger partial charge is 0.246 e. The number of carbonyl (C=O) groups excluding carboxylic acids is 2. The predicted molar refractivity (Wildman–Crippen MR) is 78.6 cm³/mol. The van der Waals surface area contributed by atoms with E-state index in [1.54, 1.807) is 23.1 Å². The third-order valence-electron chi connectivity index (χ3n) is 3.40. The first kappa shape index (κ1) is 14.8. The van der Waals surface area contributed by atoms with Gasteiger partial charge in [0, 0.05) is 25.6 Å². The van der Waals surface area contributed by atoms with Gasteiger partial charge in [-0.25, -0.2) is 0 Å². The fraction of sp³-hybridized carbons (Fsp3) is 0.429. The fourth-order valence-electron chi connectivity index (χ4n) is 2.32. The van der Waals surface area contributed by atoms with E-state index in [9.17, 15) is 9.59 Å². The molecule has 2 rings (SSSR count). The second kappa shape index (κ2) is 6.74. The molecular formula is C14H17BrN2O3. The molecule has 6 heteroatoms. The zero-order chi connectivity index (χ0) is 14.5. The molecule has 1 fully saturated rings. The van der Waals surface area contributed by atoms with Crippen molar-refractivity contribution in [2.45, 2.75) is 19.3 Å². The van der Waals surface area contributed by atoms with E-state index in [2.05, 4.69) is 15.9 Å². The van der Waals surface area contributed by atoms with Crippen molar-refractivity contribution in [3.8, 4) is 0 Å². The summed E-state index contributed by atoms with van der Waals surface area (Å²) in [4.78, 5) is 24.6. The van der Waals surface area contributed by atoms with E-state index >= 15 is 0 Å². The second-order valence-corrected chi connectivity index (χ2v) is 5.70. The lowest BCUT2D eigenvalue weighted by Gasteiger charge is -2.30. The molecule has 108 valence electrons. The van der Waals surface area contributed by atoms with Crippen LogP contribution in [0, 0.1) is 5.92 Å². The van der Waals surface area contributed by atoms with Gasteiger partial charge in [0.05, 0.1) is 0 Å². The van der Waals surface area contributed by atoms with Crippen LogP contribution in [0.1, 0.15) is 25.0 Å². The van der Waals surface area contributed by atoms with Crippen LogP contribution in [0.2, 0.25) is 0 Å². The molecule has 0 aromatic carbocycles. The molecule has 2 heterocycles. The highest BCUT2D eigenvalue weighted by Gasteiger charge is 2.22. The highest BCUT2D eigenvalue weighted by molar-refractivity contribution is 9.10. The Morgan fingerprint density at radius 1 is 1.40 bits per heavy atom. The van der Waals surface area contributed by atoms with Crippen LogP contribution in [0.4, 0.5) is 0 Å². The first-order chi connectivity index (χ1) is 9.54. The summed E-state index contributed by atoms with van der Waals surface area (Å²) in [5.41, 5.74) is 5.19. The quantitative estimate of drug-likeness (QED) is 0.853. The molecule has 0 radical (unpaired) electrons. The molecule has 0 aliphatic carbocycles. The number of furan rings is 1. The van der Waals surface area contributed by atoms with E-state index in [-0.39, 0.29) is 11.8 Å². The van der Waals surface area contributed by atoms with Gasteiger partial charge >= 0.3 is 0 Å². The number of hydrogen-bond acceptors (Lipinski definition) is 3. The van der Waals surface area contributed by atoms with Crippen LogP contribution in [0.5, 0.6) is 0 Å². The zero-order valence-corrected chi connectivity index (χ0v) is 12.6. The number of carbonyl (C=O) groups is 2. The monoisotopic (exact) mass is 340 g/mol. The molecular weight excluding hydrogens is 324 g/mol. The summed E-state index contributed by atoms with van der Waals surface area (Å²) in [6, 6.07) is 3.56. The van der Waals surface area contributed by atoms with E-state index in [1.165, 1.54) is 6.08 Å². The molecule has 0 saturated carbocycles. The van der Waals surface area contributed by atoms with Crippen LogP contribution in [0.3, 0.4) is 0 Å². The standard InChI is InChI=1S/C14H17BrN2O3/c15-12-3-1-11(20-12)2-4-14(19)17-7-5-10(6-8-17)9-13(16)18/h1-4,10H,5-9H2,(H2,16,18)/b4-2-. The van der Waals surface area contributed by atoms with Crippen LogP contribution >= 0.6 is 15.9 Å². The van der Waals surface area contributed by atoms with Crippen molar-refractivity contribution >= 4 is 33.8 Å². The number of likely N-dealkylation sites (tertiary alicyclic amines) is 1. The maximum absolute atomic E-state index is 12.0. The van der Waals surface area contributed by atoms with Crippen molar-refractivity contribution < 1.29 is 14.0 Å². The van der Waals surface area contributed by atoms with Gasteiger partial charge in [-0.1, -0.05) is 0 Å². The van der Waals surface area contributed by atoms with Gasteiger partial charge in [-0.05, 0) is 52.9 Å². The van der Waals surface area contributed by atoms with Crippen molar-refractivity contribution in [3.05, 3.63) is 28.6 Å². The van der Waals surface area contributed by atoms with Gasteiger partial charge in [-0.3, -0.25) is 9.59 Å². The van der Waals surface area contributed by atoms with Crippen molar-refractivity contribution in [1.29, 1.82) is 0 Å². The topological polar surface area (TPSA) is 76.5 Å². The summed E-state index contributed by atoms with van der Waals surface area (Å²) < 4.78 is 5.93. The number of piperidine rings is 1. The van der Waals surface area contributed by atoms with Crippen LogP contribution in [0.25, 0.3) is 6.08 Å². The molecule has 0 atom stereocenters. The van der Waals surface area contributed by atoms with Crippen LogP contribution in [0.15, 0.2) is 27.3 Å². The molecule has 1 aliphatic rings. The average Bonchev–Trinajstić information content (AvgIpc) is 2.82. The first-order valence-corrected chi connectivity index (χ1v) is 7.34. The maximum Gasteiger partial charge on any atom is 0.246 e. The Bertz CT molecular complexity index is 516. The Labute approximate surface area is 125 Å². The molecule has 2 N–H and O–H groups in total. The van der Waals surface area contributed by atoms with Crippen LogP contribution in [-0.2, 0) is 9.59 Å². The number of amides is 2. The predicted octanol–water partition coefficient (Wildman–Crippen LogP) is 2.17. The fourth-order valence-corrected chi connectivity index (χ4v) is 2.64. The van der Waals surface area contributed by atoms with Crippen molar-refractivity contribution in [3.63, 3.8) is 0 Å². The summed E-state index contributed by atoms with van der Waals surface area (Å²) in [6.07, 6.45) is 5.24. The average molecular weight is 341 g/mol. The molecule has 0 spiro atoms. The minimum absolute atomic E-state index is 0.0324. The molecule has 1 aromatic rings. The van der Waals surface area contributed by atoms with Gasteiger partial charge in [-0.2, -0.15) is 0 Å². The second-order valence-electron chi connectivity index (χ2n) is 4.91. The Morgan fingerprint density at radius 3 is 2.65 bits per heavy atom. The Morgan fingerprint density at radius 2 is 2.10 bits per heavy atom. The number of halogens is 1. The van der Waals surface area contributed by atoms with Gasteiger partial charge < -0.3 is 15.1 Å². The number of nitrogens with zero attached hydrogens (tertiary/aromatic N) is 1. The Balaban J connectivity index is 1.82. The van der Waals surface area contributed by atoms with Crippen LogP contribution in [-0.4, -0.2) is 29.8 Å².